The van der Waals surface area contributed by atoms with Gasteiger partial charge in [-0.1, -0.05) is 60.7 Å². The second-order valence-corrected chi connectivity index (χ2v) is 8.91. The zero-order chi connectivity index (χ0) is 25.1. The molecule has 0 spiro atoms. The topological polar surface area (TPSA) is 111 Å². The van der Waals surface area contributed by atoms with Gasteiger partial charge in [-0.2, -0.15) is 0 Å². The Bertz CT molecular complexity index is 970. The van der Waals surface area contributed by atoms with E-state index in [1.54, 1.807) is 32.9 Å². The molecule has 0 aliphatic carbocycles. The van der Waals surface area contributed by atoms with Crippen LogP contribution in [0, 0.1) is 0 Å². The van der Waals surface area contributed by atoms with Crippen molar-refractivity contribution in [3.05, 3.63) is 71.8 Å². The van der Waals surface area contributed by atoms with Gasteiger partial charge in [0, 0.05) is 0 Å². The lowest BCUT2D eigenvalue weighted by molar-refractivity contribution is -0.147. The molecular formula is C26H32N2O6. The number of carbonyl (C=O) groups is 4. The third-order valence-electron chi connectivity index (χ3n) is 4.71. The summed E-state index contributed by atoms with van der Waals surface area (Å²) in [4.78, 5) is 50.0. The molecule has 8 heteroatoms. The molecule has 182 valence electrons. The van der Waals surface area contributed by atoms with Crippen LogP contribution in [0.25, 0.3) is 0 Å². The van der Waals surface area contributed by atoms with Crippen molar-refractivity contribution >= 4 is 23.8 Å². The molecule has 0 radical (unpaired) electrons. The number of ether oxygens (including phenoxy) is 2. The Balaban J connectivity index is 2.09. The molecule has 0 saturated heterocycles. The van der Waals surface area contributed by atoms with Crippen molar-refractivity contribution in [2.75, 3.05) is 0 Å². The van der Waals surface area contributed by atoms with Crippen LogP contribution in [0.4, 0.5) is 4.79 Å². The van der Waals surface area contributed by atoms with Crippen molar-refractivity contribution in [3.63, 3.8) is 0 Å². The lowest BCUT2D eigenvalue weighted by Crippen LogP contribution is -2.53. The van der Waals surface area contributed by atoms with Crippen molar-refractivity contribution in [2.24, 2.45) is 0 Å². The van der Waals surface area contributed by atoms with Crippen LogP contribution in [-0.2, 0) is 36.9 Å². The van der Waals surface area contributed by atoms with Gasteiger partial charge in [-0.15, -0.1) is 0 Å². The highest BCUT2D eigenvalue weighted by Crippen LogP contribution is 2.10. The van der Waals surface area contributed by atoms with E-state index in [4.69, 9.17) is 9.47 Å². The Morgan fingerprint density at radius 3 is 1.91 bits per heavy atom. The second kappa shape index (κ2) is 12.5. The fourth-order valence-electron chi connectivity index (χ4n) is 3.04. The lowest BCUT2D eigenvalue weighted by Gasteiger charge is -2.24. The fraction of sp³-hybridized carbons (Fsp3) is 0.385. The van der Waals surface area contributed by atoms with Gasteiger partial charge in [0.2, 0.25) is 5.91 Å². The van der Waals surface area contributed by atoms with Gasteiger partial charge in [-0.25, -0.2) is 4.79 Å². The Kier molecular flexibility index (Phi) is 9.79. The minimum absolute atomic E-state index is 0.0323. The van der Waals surface area contributed by atoms with Gasteiger partial charge < -0.3 is 20.1 Å². The first-order chi connectivity index (χ1) is 16.0. The molecule has 0 aliphatic heterocycles. The summed E-state index contributed by atoms with van der Waals surface area (Å²) in [5.41, 5.74) is 0.854. The zero-order valence-electron chi connectivity index (χ0n) is 20.0. The smallest absolute Gasteiger partial charge is 0.408 e. The first-order valence-corrected chi connectivity index (χ1v) is 11.1. The number of rotatable bonds is 10. The summed E-state index contributed by atoms with van der Waals surface area (Å²) >= 11 is 0. The summed E-state index contributed by atoms with van der Waals surface area (Å²) in [6.45, 7) is 6.45. The van der Waals surface area contributed by atoms with Gasteiger partial charge in [0.1, 0.15) is 18.2 Å². The predicted molar refractivity (Wildman–Crippen MR) is 127 cm³/mol. The molecule has 2 amide bonds. The van der Waals surface area contributed by atoms with Gasteiger partial charge in [0.25, 0.3) is 0 Å². The number of esters is 1. The summed E-state index contributed by atoms with van der Waals surface area (Å²) in [5, 5.41) is 5.07. The third-order valence-corrected chi connectivity index (χ3v) is 4.71. The highest BCUT2D eigenvalue weighted by atomic mass is 16.6. The maximum absolute atomic E-state index is 13.0. The van der Waals surface area contributed by atoms with Crippen LogP contribution in [0.3, 0.4) is 0 Å². The summed E-state index contributed by atoms with van der Waals surface area (Å²) in [6, 6.07) is 16.2. The first-order valence-electron chi connectivity index (χ1n) is 11.1. The Hall–Kier alpha value is -3.68. The van der Waals surface area contributed by atoms with E-state index >= 15 is 0 Å². The average molecular weight is 469 g/mol. The monoisotopic (exact) mass is 468 g/mol. The van der Waals surface area contributed by atoms with Gasteiger partial charge in [-0.3, -0.25) is 14.4 Å². The number of benzene rings is 2. The van der Waals surface area contributed by atoms with Crippen molar-refractivity contribution in [1.29, 1.82) is 0 Å². The van der Waals surface area contributed by atoms with Gasteiger partial charge in [-0.05, 0) is 45.2 Å². The molecule has 8 nitrogen and oxygen atoms in total. The molecule has 0 aromatic heterocycles. The number of hydrogen-bond donors (Lipinski definition) is 2. The van der Waals surface area contributed by atoms with E-state index in [2.05, 4.69) is 10.6 Å². The van der Waals surface area contributed by atoms with Crippen LogP contribution in [0.2, 0.25) is 0 Å². The van der Waals surface area contributed by atoms with Gasteiger partial charge >= 0.3 is 12.1 Å². The largest absolute Gasteiger partial charge is 0.461 e. The molecule has 0 saturated carbocycles. The Morgan fingerprint density at radius 2 is 1.38 bits per heavy atom. The summed E-state index contributed by atoms with van der Waals surface area (Å²) in [7, 11) is 0. The van der Waals surface area contributed by atoms with Crippen LogP contribution in [0.15, 0.2) is 60.7 Å². The molecule has 2 N–H and O–H groups in total. The quantitative estimate of drug-likeness (QED) is 0.518. The second-order valence-electron chi connectivity index (χ2n) is 8.91. The SMILES string of the molecule is CC(=O)[C@H](Cc1ccccc1)NC(=O)[C@@H](CC(=O)OCc1ccccc1)NC(=O)OC(C)(C)C. The van der Waals surface area contributed by atoms with E-state index in [1.807, 2.05) is 48.5 Å². The van der Waals surface area contributed by atoms with E-state index in [0.717, 1.165) is 11.1 Å². The highest BCUT2D eigenvalue weighted by Gasteiger charge is 2.29. The maximum atomic E-state index is 13.0. The average Bonchev–Trinajstić information content (AvgIpc) is 2.77. The first kappa shape index (κ1) is 26.6. The van der Waals surface area contributed by atoms with Crippen LogP contribution in [0.5, 0.6) is 0 Å². The van der Waals surface area contributed by atoms with E-state index in [0.29, 0.717) is 0 Å². The van der Waals surface area contributed by atoms with E-state index in [1.165, 1.54) is 6.92 Å². The number of hydrogen-bond acceptors (Lipinski definition) is 6. The number of Topliss-reactive ketones (excluding diaryl/α,β-unsaturated/α-hetero) is 1. The van der Waals surface area contributed by atoms with Gasteiger partial charge in [0.15, 0.2) is 5.78 Å². The Labute approximate surface area is 200 Å². The number of carbonyl (C=O) groups excluding carboxylic acids is 4. The zero-order valence-corrected chi connectivity index (χ0v) is 20.0. The molecule has 0 aliphatic rings. The fourth-order valence-corrected chi connectivity index (χ4v) is 3.04. The molecule has 0 unspecified atom stereocenters. The standard InChI is InChI=1S/C26H32N2O6/c1-18(29)21(15-19-11-7-5-8-12-19)27-24(31)22(28-25(32)34-26(2,3)4)16-23(30)33-17-20-13-9-6-10-14-20/h5-14,21-22H,15-17H2,1-4H3,(H,27,31)(H,28,32)/t21-,22+/m0/s1. The van der Waals surface area contributed by atoms with Crippen LogP contribution >= 0.6 is 0 Å². The van der Waals surface area contributed by atoms with E-state index in [9.17, 15) is 19.2 Å². The van der Waals surface area contributed by atoms with Crippen molar-refractivity contribution < 1.29 is 28.7 Å². The number of ketones is 1. The number of alkyl carbamates (subject to hydrolysis) is 1. The van der Waals surface area contributed by atoms with Gasteiger partial charge in [0.05, 0.1) is 12.5 Å². The summed E-state index contributed by atoms with van der Waals surface area (Å²) < 4.78 is 10.5. The minimum atomic E-state index is -1.28. The summed E-state index contributed by atoms with van der Waals surface area (Å²) in [5.74, 6) is -1.61. The molecule has 2 aromatic carbocycles. The summed E-state index contributed by atoms with van der Waals surface area (Å²) in [6.07, 6.45) is -1.00. The lowest BCUT2D eigenvalue weighted by atomic mass is 10.0. The highest BCUT2D eigenvalue weighted by molar-refractivity contribution is 5.93. The molecule has 34 heavy (non-hydrogen) atoms. The molecule has 2 atom stereocenters. The van der Waals surface area contributed by atoms with Crippen LogP contribution in [0.1, 0.15) is 45.2 Å². The van der Waals surface area contributed by atoms with Crippen LogP contribution in [-0.4, -0.2) is 41.4 Å². The molecule has 2 aromatic rings. The molecule has 0 heterocycles. The molecule has 0 fully saturated rings. The molecule has 2 rings (SSSR count). The molecular weight excluding hydrogens is 436 g/mol. The van der Waals surface area contributed by atoms with E-state index < -0.39 is 42.1 Å². The van der Waals surface area contributed by atoms with Crippen LogP contribution < -0.4 is 10.6 Å². The van der Waals surface area contributed by atoms with Crippen molar-refractivity contribution in [1.82, 2.24) is 10.6 Å². The Morgan fingerprint density at radius 1 is 0.824 bits per heavy atom. The normalized spacial score (nSPS) is 12.7. The third kappa shape index (κ3) is 9.85. The number of nitrogens with one attached hydrogen (secondary N) is 2. The predicted octanol–water partition coefficient (Wildman–Crippen LogP) is 3.33. The number of amides is 2. The molecule has 0 bridgehead atoms. The maximum Gasteiger partial charge on any atom is 0.408 e. The van der Waals surface area contributed by atoms with E-state index in [-0.39, 0.29) is 18.8 Å². The van der Waals surface area contributed by atoms with Crippen molar-refractivity contribution in [2.45, 2.75) is 64.8 Å². The van der Waals surface area contributed by atoms with Crippen molar-refractivity contribution in [3.8, 4) is 0 Å². The minimum Gasteiger partial charge on any atom is -0.461 e.